The van der Waals surface area contributed by atoms with Gasteiger partial charge in [0, 0.05) is 13.5 Å². The zero-order valence-electron chi connectivity index (χ0n) is 10.5. The first-order valence-electron chi connectivity index (χ1n) is 5.91. The van der Waals surface area contributed by atoms with E-state index in [9.17, 15) is 9.59 Å². The van der Waals surface area contributed by atoms with Crippen LogP contribution in [-0.2, 0) is 11.2 Å². The van der Waals surface area contributed by atoms with Gasteiger partial charge in [-0.2, -0.15) is 0 Å². The summed E-state index contributed by atoms with van der Waals surface area (Å²) in [6.07, 6.45) is 3.45. The van der Waals surface area contributed by atoms with Crippen LogP contribution in [0.2, 0.25) is 0 Å². The maximum atomic E-state index is 12.0. The molecule has 0 aromatic carbocycles. The fourth-order valence-corrected chi connectivity index (χ4v) is 2.93. The number of carbonyl (C=O) groups excluding carboxylic acids is 1. The van der Waals surface area contributed by atoms with Crippen LogP contribution >= 0.6 is 11.3 Å². The van der Waals surface area contributed by atoms with Gasteiger partial charge in [-0.3, -0.25) is 9.59 Å². The van der Waals surface area contributed by atoms with Crippen molar-refractivity contribution in [3.63, 3.8) is 0 Å². The summed E-state index contributed by atoms with van der Waals surface area (Å²) in [5.41, 5.74) is 0.706. The van der Waals surface area contributed by atoms with Crippen molar-refractivity contribution >= 4 is 23.2 Å². The Morgan fingerprint density at radius 1 is 1.50 bits per heavy atom. The molecule has 18 heavy (non-hydrogen) atoms. The number of carboxylic acids is 1. The summed E-state index contributed by atoms with van der Waals surface area (Å²) in [5.74, 6) is -0.532. The van der Waals surface area contributed by atoms with E-state index in [0.29, 0.717) is 10.6 Å². The maximum absolute atomic E-state index is 12.0. The van der Waals surface area contributed by atoms with E-state index in [4.69, 9.17) is 5.11 Å². The number of aromatic nitrogens is 1. The molecule has 1 aromatic rings. The summed E-state index contributed by atoms with van der Waals surface area (Å²) in [6, 6.07) is 0. The third kappa shape index (κ3) is 3.07. The first-order valence-corrected chi connectivity index (χ1v) is 6.72. The number of nitrogens with zero attached hydrogens (tertiary/aromatic N) is 2. The largest absolute Gasteiger partial charge is 0.480 e. The Morgan fingerprint density at radius 3 is 2.72 bits per heavy atom. The molecule has 0 aliphatic heterocycles. The second-order valence-corrected chi connectivity index (χ2v) is 5.81. The number of carbonyl (C=O) groups is 2. The quantitative estimate of drug-likeness (QED) is 0.879. The van der Waals surface area contributed by atoms with E-state index in [1.54, 1.807) is 6.92 Å². The van der Waals surface area contributed by atoms with Crippen molar-refractivity contribution in [3.05, 3.63) is 15.6 Å². The Labute approximate surface area is 109 Å². The highest BCUT2D eigenvalue weighted by Crippen LogP contribution is 2.34. The Balaban J connectivity index is 2.08. The molecule has 0 unspecified atom stereocenters. The van der Waals surface area contributed by atoms with E-state index in [-0.39, 0.29) is 12.5 Å². The minimum atomic E-state index is -1.01. The molecule has 1 saturated carbocycles. The predicted octanol–water partition coefficient (Wildman–Crippen LogP) is 1.56. The molecule has 0 radical (unpaired) electrons. The van der Waals surface area contributed by atoms with Gasteiger partial charge in [-0.25, -0.2) is 4.98 Å². The van der Waals surface area contributed by atoms with Gasteiger partial charge in [0.05, 0.1) is 10.7 Å². The molecule has 2 rings (SSSR count). The molecule has 1 amide bonds. The normalized spacial score (nSPS) is 14.6. The van der Waals surface area contributed by atoms with E-state index in [2.05, 4.69) is 4.98 Å². The topological polar surface area (TPSA) is 70.5 Å². The van der Waals surface area contributed by atoms with Gasteiger partial charge in [-0.05, 0) is 25.7 Å². The zero-order chi connectivity index (χ0) is 13.3. The lowest BCUT2D eigenvalue weighted by atomic mass is 10.3. The summed E-state index contributed by atoms with van der Waals surface area (Å²) < 4.78 is 0. The summed E-state index contributed by atoms with van der Waals surface area (Å²) in [6.45, 7) is 1.52. The zero-order valence-corrected chi connectivity index (χ0v) is 11.3. The van der Waals surface area contributed by atoms with E-state index in [1.807, 2.05) is 0 Å². The molecule has 5 nitrogen and oxygen atoms in total. The SMILES string of the molecule is Cc1nc(CC2CC2)sc1C(=O)N(C)CC(=O)O. The molecule has 1 N–H and O–H groups in total. The lowest BCUT2D eigenvalue weighted by Gasteiger charge is -2.13. The average Bonchev–Trinajstić information content (AvgIpc) is 3.00. The molecular formula is C12H16N2O3S. The van der Waals surface area contributed by atoms with Crippen molar-refractivity contribution in [3.8, 4) is 0 Å². The van der Waals surface area contributed by atoms with Crippen LogP contribution in [0.5, 0.6) is 0 Å². The number of hydrogen-bond acceptors (Lipinski definition) is 4. The van der Waals surface area contributed by atoms with Crippen LogP contribution in [-0.4, -0.2) is 40.5 Å². The van der Waals surface area contributed by atoms with Crippen LogP contribution in [0.15, 0.2) is 0 Å². The lowest BCUT2D eigenvalue weighted by molar-refractivity contribution is -0.137. The number of aliphatic carboxylic acids is 1. The van der Waals surface area contributed by atoms with Crippen LogP contribution < -0.4 is 0 Å². The molecule has 1 aromatic heterocycles. The molecular weight excluding hydrogens is 252 g/mol. The van der Waals surface area contributed by atoms with Crippen molar-refractivity contribution in [1.82, 2.24) is 9.88 Å². The molecule has 1 heterocycles. The van der Waals surface area contributed by atoms with Crippen LogP contribution in [0.3, 0.4) is 0 Å². The van der Waals surface area contributed by atoms with E-state index >= 15 is 0 Å². The number of rotatable bonds is 5. The van der Waals surface area contributed by atoms with E-state index < -0.39 is 5.97 Å². The van der Waals surface area contributed by atoms with Crippen molar-refractivity contribution in [2.45, 2.75) is 26.2 Å². The molecule has 0 atom stereocenters. The third-order valence-corrected chi connectivity index (χ3v) is 4.08. The predicted molar refractivity (Wildman–Crippen MR) is 67.9 cm³/mol. The highest BCUT2D eigenvalue weighted by molar-refractivity contribution is 7.13. The van der Waals surface area contributed by atoms with E-state index in [0.717, 1.165) is 17.3 Å². The second kappa shape index (κ2) is 5.06. The Hall–Kier alpha value is -1.43. The van der Waals surface area contributed by atoms with Crippen LogP contribution in [0, 0.1) is 12.8 Å². The Bertz CT molecular complexity index is 480. The number of carboxylic acid groups (broad SMARTS) is 1. The molecule has 6 heteroatoms. The number of amides is 1. The maximum Gasteiger partial charge on any atom is 0.323 e. The standard InChI is InChI=1S/C12H16N2O3S/c1-7-11(12(17)14(2)6-10(15)16)18-9(13-7)5-8-3-4-8/h8H,3-6H2,1-2H3,(H,15,16). The van der Waals surface area contributed by atoms with Crippen molar-refractivity contribution in [1.29, 1.82) is 0 Å². The summed E-state index contributed by atoms with van der Waals surface area (Å²) in [7, 11) is 1.50. The molecule has 0 saturated heterocycles. The molecule has 0 bridgehead atoms. The number of thiazole rings is 1. The monoisotopic (exact) mass is 268 g/mol. The molecule has 1 aliphatic carbocycles. The molecule has 1 aliphatic rings. The number of aryl methyl sites for hydroxylation is 1. The van der Waals surface area contributed by atoms with Gasteiger partial charge in [0.2, 0.25) is 0 Å². The van der Waals surface area contributed by atoms with Crippen LogP contribution in [0.1, 0.15) is 33.2 Å². The minimum Gasteiger partial charge on any atom is -0.480 e. The van der Waals surface area contributed by atoms with E-state index in [1.165, 1.54) is 36.1 Å². The first-order chi connectivity index (χ1) is 8.47. The summed E-state index contributed by atoms with van der Waals surface area (Å²) in [4.78, 5) is 28.8. The number of hydrogen-bond donors (Lipinski definition) is 1. The Kier molecular flexibility index (Phi) is 3.65. The van der Waals surface area contributed by atoms with Crippen molar-refractivity contribution < 1.29 is 14.7 Å². The fraction of sp³-hybridized carbons (Fsp3) is 0.583. The van der Waals surface area contributed by atoms with Gasteiger partial charge >= 0.3 is 5.97 Å². The van der Waals surface area contributed by atoms with Gasteiger partial charge in [0.25, 0.3) is 5.91 Å². The minimum absolute atomic E-state index is 0.255. The van der Waals surface area contributed by atoms with Crippen LogP contribution in [0.25, 0.3) is 0 Å². The third-order valence-electron chi connectivity index (χ3n) is 2.91. The second-order valence-electron chi connectivity index (χ2n) is 4.72. The first kappa shape index (κ1) is 13.0. The van der Waals surface area contributed by atoms with Gasteiger partial charge in [-0.1, -0.05) is 0 Å². The van der Waals surface area contributed by atoms with Gasteiger partial charge in [-0.15, -0.1) is 11.3 Å². The Morgan fingerprint density at radius 2 is 2.17 bits per heavy atom. The molecule has 1 fully saturated rings. The molecule has 98 valence electrons. The highest BCUT2D eigenvalue weighted by atomic mass is 32.1. The van der Waals surface area contributed by atoms with Gasteiger partial charge < -0.3 is 10.0 Å². The lowest BCUT2D eigenvalue weighted by Crippen LogP contribution is -2.31. The molecule has 0 spiro atoms. The van der Waals surface area contributed by atoms with Crippen LogP contribution in [0.4, 0.5) is 0 Å². The van der Waals surface area contributed by atoms with Crippen molar-refractivity contribution in [2.75, 3.05) is 13.6 Å². The van der Waals surface area contributed by atoms with Gasteiger partial charge in [0.15, 0.2) is 0 Å². The van der Waals surface area contributed by atoms with Gasteiger partial charge in [0.1, 0.15) is 11.4 Å². The van der Waals surface area contributed by atoms with Crippen molar-refractivity contribution in [2.24, 2.45) is 5.92 Å². The number of likely N-dealkylation sites (N-methyl/N-ethyl adjacent to an activating group) is 1. The average molecular weight is 268 g/mol. The highest BCUT2D eigenvalue weighted by Gasteiger charge is 2.25. The summed E-state index contributed by atoms with van der Waals surface area (Å²) in [5, 5.41) is 9.66. The smallest absolute Gasteiger partial charge is 0.323 e. The summed E-state index contributed by atoms with van der Waals surface area (Å²) >= 11 is 1.40. The fourth-order valence-electron chi connectivity index (χ4n) is 1.75.